The van der Waals surface area contributed by atoms with Crippen molar-refractivity contribution in [3.05, 3.63) is 29.3 Å². The molecule has 3 nitrogen and oxygen atoms in total. The number of rotatable bonds is 0. The minimum absolute atomic E-state index is 0.126. The Labute approximate surface area is 120 Å². The Kier molecular flexibility index (Phi) is 3.29. The van der Waals surface area contributed by atoms with Crippen LogP contribution in [0.5, 0.6) is 0 Å². The monoisotopic (exact) mass is 271 g/mol. The fourth-order valence-corrected chi connectivity index (χ4v) is 2.45. The number of terminal acetylenes is 1. The molecule has 0 bridgehead atoms. The van der Waals surface area contributed by atoms with Gasteiger partial charge in [-0.3, -0.25) is 4.90 Å². The molecule has 3 heteroatoms. The van der Waals surface area contributed by atoms with E-state index in [9.17, 15) is 4.79 Å². The zero-order valence-corrected chi connectivity index (χ0v) is 12.8. The molecule has 0 saturated heterocycles. The fourth-order valence-electron chi connectivity index (χ4n) is 2.45. The summed E-state index contributed by atoms with van der Waals surface area (Å²) >= 11 is 0. The second kappa shape index (κ2) is 4.56. The number of carbonyl (C=O) groups is 1. The van der Waals surface area contributed by atoms with Crippen molar-refractivity contribution in [3.8, 4) is 12.3 Å². The molecule has 1 aliphatic rings. The molecule has 20 heavy (non-hydrogen) atoms. The van der Waals surface area contributed by atoms with Crippen molar-refractivity contribution in [3.63, 3.8) is 0 Å². The van der Waals surface area contributed by atoms with Gasteiger partial charge in [-0.2, -0.15) is 0 Å². The summed E-state index contributed by atoms with van der Waals surface area (Å²) < 4.78 is 5.48. The van der Waals surface area contributed by atoms with Crippen LogP contribution in [0, 0.1) is 12.3 Å². The summed E-state index contributed by atoms with van der Waals surface area (Å²) in [6, 6.07) is 5.75. The van der Waals surface area contributed by atoms with Gasteiger partial charge in [-0.25, -0.2) is 4.79 Å². The molecule has 106 valence electrons. The highest BCUT2D eigenvalue weighted by Crippen LogP contribution is 2.41. The van der Waals surface area contributed by atoms with E-state index in [1.807, 2.05) is 39.0 Å². The molecular weight excluding hydrogens is 250 g/mol. The Morgan fingerprint density at radius 3 is 2.60 bits per heavy atom. The summed E-state index contributed by atoms with van der Waals surface area (Å²) in [4.78, 5) is 14.0. The van der Waals surface area contributed by atoms with Crippen LogP contribution in [0.4, 0.5) is 10.5 Å². The van der Waals surface area contributed by atoms with Gasteiger partial charge in [-0.15, -0.1) is 6.42 Å². The Morgan fingerprint density at radius 2 is 2.05 bits per heavy atom. The molecule has 0 N–H and O–H groups in total. The highest BCUT2D eigenvalue weighted by molar-refractivity contribution is 5.91. The third-order valence-electron chi connectivity index (χ3n) is 3.35. The molecule has 0 aromatic heterocycles. The maximum atomic E-state index is 12.3. The molecule has 1 aromatic carbocycles. The number of hydrogen-bond donors (Lipinski definition) is 0. The number of ether oxygens (including phenoxy) is 1. The maximum Gasteiger partial charge on any atom is 0.414 e. The molecule has 1 aliphatic heterocycles. The number of fused-ring (bicyclic) bond motifs is 1. The topological polar surface area (TPSA) is 29.5 Å². The smallest absolute Gasteiger partial charge is 0.414 e. The standard InChI is InChI=1S/C17H21NO2/c1-7-12-8-9-14-13(10-12)17(5,6)11-18(14)15(19)20-16(2,3)4/h1,8-10H,11H2,2-6H3. The van der Waals surface area contributed by atoms with E-state index in [1.54, 1.807) is 4.90 Å². The Balaban J connectivity index is 2.39. The fraction of sp³-hybridized carbons (Fsp3) is 0.471. The van der Waals surface area contributed by atoms with Gasteiger partial charge in [-0.1, -0.05) is 19.8 Å². The molecule has 0 aliphatic carbocycles. The minimum atomic E-state index is -0.497. The average molecular weight is 271 g/mol. The zero-order chi connectivity index (χ0) is 15.1. The first-order chi connectivity index (χ1) is 9.14. The average Bonchev–Trinajstić information content (AvgIpc) is 2.59. The van der Waals surface area contributed by atoms with Crippen molar-refractivity contribution in [2.24, 2.45) is 0 Å². The van der Waals surface area contributed by atoms with Crippen molar-refractivity contribution >= 4 is 11.8 Å². The molecule has 1 heterocycles. The zero-order valence-electron chi connectivity index (χ0n) is 12.8. The maximum absolute atomic E-state index is 12.3. The van der Waals surface area contributed by atoms with Crippen molar-refractivity contribution in [1.29, 1.82) is 0 Å². The molecule has 1 aromatic rings. The molecule has 0 fully saturated rings. The molecule has 1 amide bonds. The van der Waals surface area contributed by atoms with Crippen LogP contribution >= 0.6 is 0 Å². The quantitative estimate of drug-likeness (QED) is 0.673. The van der Waals surface area contributed by atoms with Crippen molar-refractivity contribution < 1.29 is 9.53 Å². The van der Waals surface area contributed by atoms with Crippen molar-refractivity contribution in [2.45, 2.75) is 45.6 Å². The lowest BCUT2D eigenvalue weighted by Gasteiger charge is -2.25. The molecule has 0 spiro atoms. The summed E-state index contributed by atoms with van der Waals surface area (Å²) in [5, 5.41) is 0. The highest BCUT2D eigenvalue weighted by atomic mass is 16.6. The second-order valence-electron chi connectivity index (χ2n) is 6.83. The number of carbonyl (C=O) groups excluding carboxylic acids is 1. The van der Waals surface area contributed by atoms with Gasteiger partial charge in [0.05, 0.1) is 5.69 Å². The molecule has 0 unspecified atom stereocenters. The summed E-state index contributed by atoms with van der Waals surface area (Å²) in [6.45, 7) is 10.4. The minimum Gasteiger partial charge on any atom is -0.443 e. The predicted molar refractivity (Wildman–Crippen MR) is 81.0 cm³/mol. The van der Waals surface area contributed by atoms with Crippen LogP contribution in [0.1, 0.15) is 45.7 Å². The third-order valence-corrected chi connectivity index (χ3v) is 3.35. The summed E-state index contributed by atoms with van der Waals surface area (Å²) in [6.07, 6.45) is 5.15. The molecule has 2 rings (SSSR count). The van der Waals surface area contributed by atoms with Crippen molar-refractivity contribution in [1.82, 2.24) is 0 Å². The van der Waals surface area contributed by atoms with Crippen LogP contribution in [0.25, 0.3) is 0 Å². The largest absolute Gasteiger partial charge is 0.443 e. The number of amides is 1. The van der Waals surface area contributed by atoms with Crippen LogP contribution in [0.2, 0.25) is 0 Å². The van der Waals surface area contributed by atoms with Gasteiger partial charge in [0.25, 0.3) is 0 Å². The number of nitrogens with zero attached hydrogens (tertiary/aromatic N) is 1. The number of benzene rings is 1. The lowest BCUT2D eigenvalue weighted by molar-refractivity contribution is 0.0579. The van der Waals surface area contributed by atoms with E-state index in [0.717, 1.165) is 16.8 Å². The van der Waals surface area contributed by atoms with Gasteiger partial charge in [0.1, 0.15) is 5.60 Å². The lowest BCUT2D eigenvalue weighted by Crippen LogP contribution is -2.38. The number of anilines is 1. The van der Waals surface area contributed by atoms with Gasteiger partial charge in [-0.05, 0) is 44.5 Å². The van der Waals surface area contributed by atoms with E-state index >= 15 is 0 Å². The van der Waals surface area contributed by atoms with E-state index in [2.05, 4.69) is 19.8 Å². The van der Waals surface area contributed by atoms with Crippen molar-refractivity contribution in [2.75, 3.05) is 11.4 Å². The van der Waals surface area contributed by atoms with Gasteiger partial charge in [0.2, 0.25) is 0 Å². The Hall–Kier alpha value is -1.95. The van der Waals surface area contributed by atoms with E-state index in [-0.39, 0.29) is 11.5 Å². The van der Waals surface area contributed by atoms with Gasteiger partial charge < -0.3 is 4.74 Å². The van der Waals surface area contributed by atoms with Gasteiger partial charge >= 0.3 is 6.09 Å². The molecular formula is C17H21NO2. The molecule has 0 saturated carbocycles. The third kappa shape index (κ3) is 2.65. The van der Waals surface area contributed by atoms with E-state index in [4.69, 9.17) is 11.2 Å². The van der Waals surface area contributed by atoms with Crippen LogP contribution in [-0.2, 0) is 10.2 Å². The first-order valence-corrected chi connectivity index (χ1v) is 6.76. The van der Waals surface area contributed by atoms with Crippen LogP contribution in [0.15, 0.2) is 18.2 Å². The van der Waals surface area contributed by atoms with Crippen LogP contribution in [0.3, 0.4) is 0 Å². The highest BCUT2D eigenvalue weighted by Gasteiger charge is 2.39. The second-order valence-corrected chi connectivity index (χ2v) is 6.83. The van der Waals surface area contributed by atoms with Crippen LogP contribution < -0.4 is 4.90 Å². The van der Waals surface area contributed by atoms with E-state index < -0.39 is 5.60 Å². The van der Waals surface area contributed by atoms with Crippen LogP contribution in [-0.4, -0.2) is 18.2 Å². The SMILES string of the molecule is C#Cc1ccc2c(c1)C(C)(C)CN2C(=O)OC(C)(C)C. The number of hydrogen-bond acceptors (Lipinski definition) is 2. The van der Waals surface area contributed by atoms with Gasteiger partial charge in [0.15, 0.2) is 0 Å². The lowest BCUT2D eigenvalue weighted by atomic mass is 9.86. The summed E-state index contributed by atoms with van der Waals surface area (Å²) in [5.74, 6) is 2.64. The van der Waals surface area contributed by atoms with E-state index in [0.29, 0.717) is 6.54 Å². The molecule has 0 radical (unpaired) electrons. The summed E-state index contributed by atoms with van der Waals surface area (Å²) in [7, 11) is 0. The first-order valence-electron chi connectivity index (χ1n) is 6.76. The Bertz CT molecular complexity index is 588. The molecule has 0 atom stereocenters. The Morgan fingerprint density at radius 1 is 1.40 bits per heavy atom. The first kappa shape index (κ1) is 14.5. The van der Waals surface area contributed by atoms with E-state index in [1.165, 1.54) is 0 Å². The normalized spacial score (nSPS) is 16.5. The predicted octanol–water partition coefficient (Wildman–Crippen LogP) is 3.70. The summed E-state index contributed by atoms with van der Waals surface area (Å²) in [5.41, 5.74) is 2.20. The van der Waals surface area contributed by atoms with Gasteiger partial charge in [0, 0.05) is 17.5 Å².